The van der Waals surface area contributed by atoms with Crippen LogP contribution in [0, 0.1) is 0 Å². The largest absolute Gasteiger partial charge is 0.493 e. The van der Waals surface area contributed by atoms with Crippen LogP contribution in [0.1, 0.15) is 40.6 Å². The Morgan fingerprint density at radius 2 is 1.95 bits per heavy atom. The third-order valence-electron chi connectivity index (χ3n) is 4.93. The molecule has 2 aliphatic rings. The van der Waals surface area contributed by atoms with Gasteiger partial charge < -0.3 is 10.1 Å². The molecule has 1 aliphatic heterocycles. The number of ether oxygens (including phenoxy) is 1. The summed E-state index contributed by atoms with van der Waals surface area (Å²) in [6.07, 6.45) is 3.78. The van der Waals surface area contributed by atoms with E-state index in [4.69, 9.17) is 4.74 Å². The third-order valence-corrected chi connectivity index (χ3v) is 4.93. The SMILES string of the molecule is CNC(c1ccc2c(c1)CCC2)C1COc2ccccc21. The summed E-state index contributed by atoms with van der Waals surface area (Å²) < 4.78 is 5.87. The van der Waals surface area contributed by atoms with Crippen molar-refractivity contribution in [3.05, 3.63) is 64.7 Å². The van der Waals surface area contributed by atoms with E-state index >= 15 is 0 Å². The molecule has 4 rings (SSSR count). The fourth-order valence-electron chi connectivity index (χ4n) is 3.85. The molecular weight excluding hydrogens is 258 g/mol. The molecule has 0 amide bonds. The van der Waals surface area contributed by atoms with Crippen LogP contribution in [-0.2, 0) is 12.8 Å². The summed E-state index contributed by atoms with van der Waals surface area (Å²) >= 11 is 0. The Hall–Kier alpha value is -1.80. The second-order valence-electron chi connectivity index (χ2n) is 6.10. The minimum Gasteiger partial charge on any atom is -0.493 e. The molecular formula is C19H21NO. The van der Waals surface area contributed by atoms with Gasteiger partial charge in [0.25, 0.3) is 0 Å². The second-order valence-corrected chi connectivity index (χ2v) is 6.10. The molecule has 1 heterocycles. The van der Waals surface area contributed by atoms with Crippen molar-refractivity contribution in [2.24, 2.45) is 0 Å². The first-order valence-electron chi connectivity index (χ1n) is 7.87. The Labute approximate surface area is 126 Å². The molecule has 0 fully saturated rings. The zero-order valence-electron chi connectivity index (χ0n) is 12.4. The van der Waals surface area contributed by atoms with E-state index in [0.29, 0.717) is 12.0 Å². The van der Waals surface area contributed by atoms with Gasteiger partial charge in [-0.25, -0.2) is 0 Å². The van der Waals surface area contributed by atoms with Gasteiger partial charge in [-0.2, -0.15) is 0 Å². The lowest BCUT2D eigenvalue weighted by molar-refractivity contribution is 0.304. The van der Waals surface area contributed by atoms with E-state index < -0.39 is 0 Å². The zero-order valence-corrected chi connectivity index (χ0v) is 12.4. The summed E-state index contributed by atoms with van der Waals surface area (Å²) in [6.45, 7) is 0.766. The van der Waals surface area contributed by atoms with E-state index in [-0.39, 0.29) is 0 Å². The summed E-state index contributed by atoms with van der Waals surface area (Å²) in [7, 11) is 2.05. The van der Waals surface area contributed by atoms with Gasteiger partial charge in [0.05, 0.1) is 6.61 Å². The summed E-state index contributed by atoms with van der Waals surface area (Å²) in [5.74, 6) is 1.44. The number of rotatable bonds is 3. The lowest BCUT2D eigenvalue weighted by Gasteiger charge is -2.23. The number of nitrogens with one attached hydrogen (secondary N) is 1. The normalized spacial score (nSPS) is 20.7. The molecule has 21 heavy (non-hydrogen) atoms. The van der Waals surface area contributed by atoms with Crippen LogP contribution in [0.25, 0.3) is 0 Å². The maximum atomic E-state index is 5.87. The highest BCUT2D eigenvalue weighted by molar-refractivity contribution is 5.44. The number of benzene rings is 2. The standard InChI is InChI=1S/C19H21NO/c1-20-19(15-10-9-13-5-4-6-14(13)11-15)17-12-21-18-8-3-2-7-16(17)18/h2-3,7-11,17,19-20H,4-6,12H2,1H3. The fraction of sp³-hybridized carbons (Fsp3) is 0.368. The third kappa shape index (κ3) is 2.14. The van der Waals surface area contributed by atoms with Crippen LogP contribution in [0.2, 0.25) is 0 Å². The first-order chi connectivity index (χ1) is 10.4. The molecule has 108 valence electrons. The van der Waals surface area contributed by atoms with Gasteiger partial charge in [0.15, 0.2) is 0 Å². The number of hydrogen-bond donors (Lipinski definition) is 1. The highest BCUT2D eigenvalue weighted by atomic mass is 16.5. The zero-order chi connectivity index (χ0) is 14.2. The Balaban J connectivity index is 1.70. The number of fused-ring (bicyclic) bond motifs is 2. The van der Waals surface area contributed by atoms with E-state index in [0.717, 1.165) is 12.4 Å². The summed E-state index contributed by atoms with van der Waals surface area (Å²) in [4.78, 5) is 0. The Kier molecular flexibility index (Phi) is 3.19. The molecule has 1 aliphatic carbocycles. The molecule has 0 aromatic heterocycles. The molecule has 2 aromatic rings. The minimum absolute atomic E-state index is 0.319. The van der Waals surface area contributed by atoms with Gasteiger partial charge in [-0.1, -0.05) is 36.4 Å². The molecule has 2 atom stereocenters. The molecule has 0 bridgehead atoms. The summed E-state index contributed by atoms with van der Waals surface area (Å²) in [5.41, 5.74) is 5.80. The molecule has 0 saturated carbocycles. The van der Waals surface area contributed by atoms with Crippen molar-refractivity contribution in [2.45, 2.75) is 31.2 Å². The Morgan fingerprint density at radius 3 is 2.86 bits per heavy atom. The van der Waals surface area contributed by atoms with Gasteiger partial charge in [-0.05, 0) is 49.1 Å². The van der Waals surface area contributed by atoms with Crippen molar-refractivity contribution < 1.29 is 4.74 Å². The number of likely N-dealkylation sites (N-methyl/N-ethyl adjacent to an activating group) is 1. The smallest absolute Gasteiger partial charge is 0.122 e. The minimum atomic E-state index is 0.319. The van der Waals surface area contributed by atoms with Crippen LogP contribution in [0.3, 0.4) is 0 Å². The first-order valence-corrected chi connectivity index (χ1v) is 7.87. The molecule has 2 heteroatoms. The van der Waals surface area contributed by atoms with Gasteiger partial charge in [0.2, 0.25) is 0 Å². The number of hydrogen-bond acceptors (Lipinski definition) is 2. The maximum Gasteiger partial charge on any atom is 0.122 e. The van der Waals surface area contributed by atoms with Crippen LogP contribution in [0.5, 0.6) is 5.75 Å². The number of para-hydroxylation sites is 1. The van der Waals surface area contributed by atoms with Gasteiger partial charge in [0.1, 0.15) is 5.75 Å². The Morgan fingerprint density at radius 1 is 1.10 bits per heavy atom. The molecule has 2 nitrogen and oxygen atoms in total. The van der Waals surface area contributed by atoms with Crippen molar-refractivity contribution in [3.63, 3.8) is 0 Å². The van der Waals surface area contributed by atoms with Crippen LogP contribution < -0.4 is 10.1 Å². The van der Waals surface area contributed by atoms with E-state index in [9.17, 15) is 0 Å². The van der Waals surface area contributed by atoms with Gasteiger partial charge in [0, 0.05) is 17.5 Å². The summed E-state index contributed by atoms with van der Waals surface area (Å²) in [6, 6.07) is 15.8. The van der Waals surface area contributed by atoms with E-state index in [1.807, 2.05) is 6.07 Å². The first kappa shape index (κ1) is 12.9. The molecule has 2 aromatic carbocycles. The predicted octanol–water partition coefficient (Wildman–Crippen LogP) is 3.61. The van der Waals surface area contributed by atoms with Gasteiger partial charge in [-0.15, -0.1) is 0 Å². The van der Waals surface area contributed by atoms with Crippen LogP contribution in [-0.4, -0.2) is 13.7 Å². The highest BCUT2D eigenvalue weighted by Gasteiger charge is 2.31. The lowest BCUT2D eigenvalue weighted by atomic mass is 9.87. The Bertz CT molecular complexity index is 664. The quantitative estimate of drug-likeness (QED) is 0.926. The lowest BCUT2D eigenvalue weighted by Crippen LogP contribution is -2.25. The van der Waals surface area contributed by atoms with E-state index in [1.165, 1.54) is 36.0 Å². The van der Waals surface area contributed by atoms with E-state index in [1.54, 1.807) is 5.56 Å². The summed E-state index contributed by atoms with van der Waals surface area (Å²) in [5, 5.41) is 3.51. The molecule has 0 spiro atoms. The second kappa shape index (κ2) is 5.19. The fourth-order valence-corrected chi connectivity index (χ4v) is 3.85. The van der Waals surface area contributed by atoms with Crippen LogP contribution in [0.15, 0.2) is 42.5 Å². The maximum absolute atomic E-state index is 5.87. The van der Waals surface area contributed by atoms with Gasteiger partial charge >= 0.3 is 0 Å². The molecule has 0 radical (unpaired) electrons. The van der Waals surface area contributed by atoms with Crippen molar-refractivity contribution >= 4 is 0 Å². The molecule has 0 saturated heterocycles. The highest BCUT2D eigenvalue weighted by Crippen LogP contribution is 2.41. The van der Waals surface area contributed by atoms with Crippen molar-refractivity contribution in [1.82, 2.24) is 5.32 Å². The van der Waals surface area contributed by atoms with E-state index in [2.05, 4.69) is 48.8 Å². The topological polar surface area (TPSA) is 21.3 Å². The molecule has 1 N–H and O–H groups in total. The number of aryl methyl sites for hydroxylation is 2. The van der Waals surface area contributed by atoms with Crippen molar-refractivity contribution in [1.29, 1.82) is 0 Å². The average Bonchev–Trinajstić information content (AvgIpc) is 3.15. The van der Waals surface area contributed by atoms with Crippen molar-refractivity contribution in [2.75, 3.05) is 13.7 Å². The van der Waals surface area contributed by atoms with Crippen LogP contribution in [0.4, 0.5) is 0 Å². The average molecular weight is 279 g/mol. The van der Waals surface area contributed by atoms with Crippen molar-refractivity contribution in [3.8, 4) is 5.75 Å². The molecule has 2 unspecified atom stereocenters. The monoisotopic (exact) mass is 279 g/mol. The van der Waals surface area contributed by atoms with Gasteiger partial charge in [-0.3, -0.25) is 0 Å². The van der Waals surface area contributed by atoms with Crippen LogP contribution >= 0.6 is 0 Å². The predicted molar refractivity (Wildman–Crippen MR) is 84.9 cm³/mol.